The molecule has 0 spiro atoms. The fourth-order valence-electron chi connectivity index (χ4n) is 3.07. The molecule has 1 fully saturated rings. The number of hydrogen-bond acceptors (Lipinski definition) is 4. The van der Waals surface area contributed by atoms with Crippen molar-refractivity contribution in [3.8, 4) is 5.75 Å². The molecule has 0 bridgehead atoms. The molecule has 144 valence electrons. The number of rotatable bonds is 6. The van der Waals surface area contributed by atoms with Crippen LogP contribution in [0, 0.1) is 0 Å². The highest BCUT2D eigenvalue weighted by Crippen LogP contribution is 2.29. The van der Waals surface area contributed by atoms with E-state index in [4.69, 9.17) is 27.9 Å². The van der Waals surface area contributed by atoms with Gasteiger partial charge in [0.1, 0.15) is 5.75 Å². The zero-order chi connectivity index (χ0) is 19.2. The largest absolute Gasteiger partial charge is 0.495 e. The Bertz CT molecular complexity index is 795. The first-order valence-electron chi connectivity index (χ1n) is 8.76. The van der Waals surface area contributed by atoms with Gasteiger partial charge in [0.15, 0.2) is 0 Å². The minimum Gasteiger partial charge on any atom is -0.495 e. The van der Waals surface area contributed by atoms with Gasteiger partial charge in [-0.2, -0.15) is 0 Å². The van der Waals surface area contributed by atoms with Crippen molar-refractivity contribution >= 4 is 46.6 Å². The van der Waals surface area contributed by atoms with Crippen LogP contribution in [0.2, 0.25) is 10.0 Å². The van der Waals surface area contributed by atoms with Gasteiger partial charge in [-0.3, -0.25) is 4.79 Å². The van der Waals surface area contributed by atoms with Gasteiger partial charge < -0.3 is 14.5 Å². The second-order valence-electron chi connectivity index (χ2n) is 6.27. The van der Waals surface area contributed by atoms with Gasteiger partial charge in [0, 0.05) is 42.0 Å². The number of thioether (sulfide) groups is 1. The number of carbonyl (C=O) groups is 1. The molecule has 1 aliphatic rings. The zero-order valence-electron chi connectivity index (χ0n) is 15.2. The number of ether oxygens (including phenoxy) is 1. The van der Waals surface area contributed by atoms with Crippen molar-refractivity contribution in [3.05, 3.63) is 58.1 Å². The summed E-state index contributed by atoms with van der Waals surface area (Å²) in [6.45, 7) is 3.05. The summed E-state index contributed by atoms with van der Waals surface area (Å²) in [5.41, 5.74) is 2.08. The zero-order valence-corrected chi connectivity index (χ0v) is 17.5. The number of para-hydroxylation sites is 2. The molecule has 27 heavy (non-hydrogen) atoms. The van der Waals surface area contributed by atoms with Crippen molar-refractivity contribution in [1.82, 2.24) is 4.90 Å². The maximum Gasteiger partial charge on any atom is 0.232 e. The van der Waals surface area contributed by atoms with E-state index < -0.39 is 0 Å². The average Bonchev–Trinajstić information content (AvgIpc) is 2.69. The second kappa shape index (κ2) is 9.58. The van der Waals surface area contributed by atoms with Crippen LogP contribution in [0.5, 0.6) is 5.75 Å². The molecular formula is C20H22Cl2N2O2S. The van der Waals surface area contributed by atoms with Crippen LogP contribution in [-0.4, -0.2) is 49.8 Å². The molecule has 1 aliphatic heterocycles. The predicted molar refractivity (Wildman–Crippen MR) is 114 cm³/mol. The molecule has 1 heterocycles. The molecule has 0 N–H and O–H groups in total. The molecule has 0 aliphatic carbocycles. The standard InChI is InChI=1S/C20H22Cl2N2O2S/c1-26-19-5-3-2-4-18(19)23-8-10-24(11-9-23)20(25)14-27-13-15-6-7-16(21)12-17(15)22/h2-7,12H,8-11,13-14H2,1H3. The smallest absolute Gasteiger partial charge is 0.232 e. The topological polar surface area (TPSA) is 32.8 Å². The SMILES string of the molecule is COc1ccccc1N1CCN(C(=O)CSCc2ccc(Cl)cc2Cl)CC1. The van der Waals surface area contributed by atoms with E-state index in [9.17, 15) is 4.79 Å². The van der Waals surface area contributed by atoms with Gasteiger partial charge >= 0.3 is 0 Å². The summed E-state index contributed by atoms with van der Waals surface area (Å²) in [6.07, 6.45) is 0. The Hall–Kier alpha value is -1.56. The number of halogens is 2. The van der Waals surface area contributed by atoms with E-state index in [-0.39, 0.29) is 5.91 Å². The average molecular weight is 425 g/mol. The maximum absolute atomic E-state index is 12.5. The highest BCUT2D eigenvalue weighted by atomic mass is 35.5. The lowest BCUT2D eigenvalue weighted by Crippen LogP contribution is -2.49. The summed E-state index contributed by atoms with van der Waals surface area (Å²) in [5, 5.41) is 1.27. The fraction of sp³-hybridized carbons (Fsp3) is 0.350. The van der Waals surface area contributed by atoms with Gasteiger partial charge in [-0.1, -0.05) is 41.4 Å². The molecule has 0 atom stereocenters. The Morgan fingerprint density at radius 3 is 2.56 bits per heavy atom. The van der Waals surface area contributed by atoms with E-state index in [1.165, 1.54) is 0 Å². The number of anilines is 1. The highest BCUT2D eigenvalue weighted by molar-refractivity contribution is 7.99. The molecule has 1 saturated heterocycles. The van der Waals surface area contributed by atoms with Gasteiger partial charge in [0.25, 0.3) is 0 Å². The Morgan fingerprint density at radius 1 is 1.11 bits per heavy atom. The van der Waals surface area contributed by atoms with E-state index >= 15 is 0 Å². The minimum absolute atomic E-state index is 0.171. The number of amides is 1. The van der Waals surface area contributed by atoms with Crippen LogP contribution in [0.4, 0.5) is 5.69 Å². The van der Waals surface area contributed by atoms with Crippen LogP contribution < -0.4 is 9.64 Å². The predicted octanol–water partition coefficient (Wildman–Crippen LogP) is 4.58. The monoisotopic (exact) mass is 424 g/mol. The van der Waals surface area contributed by atoms with Gasteiger partial charge in [-0.25, -0.2) is 0 Å². The quantitative estimate of drug-likeness (QED) is 0.678. The van der Waals surface area contributed by atoms with Crippen molar-refractivity contribution in [2.45, 2.75) is 5.75 Å². The van der Waals surface area contributed by atoms with Crippen LogP contribution in [0.25, 0.3) is 0 Å². The Balaban J connectivity index is 1.47. The number of methoxy groups -OCH3 is 1. The first kappa shape index (κ1) is 20.2. The molecule has 2 aromatic carbocycles. The lowest BCUT2D eigenvalue weighted by molar-refractivity contribution is -0.128. The molecule has 1 amide bonds. The number of carbonyl (C=O) groups excluding carboxylic acids is 1. The molecule has 2 aromatic rings. The molecule has 0 unspecified atom stereocenters. The summed E-state index contributed by atoms with van der Waals surface area (Å²) in [4.78, 5) is 16.7. The van der Waals surface area contributed by atoms with Crippen LogP contribution in [0.3, 0.4) is 0 Å². The summed E-state index contributed by atoms with van der Waals surface area (Å²) in [7, 11) is 1.68. The van der Waals surface area contributed by atoms with Crippen molar-refractivity contribution in [2.75, 3.05) is 43.9 Å². The van der Waals surface area contributed by atoms with Crippen molar-refractivity contribution in [3.63, 3.8) is 0 Å². The third kappa shape index (κ3) is 5.24. The first-order chi connectivity index (χ1) is 13.1. The van der Waals surface area contributed by atoms with E-state index in [2.05, 4.69) is 11.0 Å². The molecular weight excluding hydrogens is 403 g/mol. The summed E-state index contributed by atoms with van der Waals surface area (Å²) in [6, 6.07) is 13.5. The second-order valence-corrected chi connectivity index (χ2v) is 8.10. The lowest BCUT2D eigenvalue weighted by atomic mass is 10.2. The third-order valence-corrected chi connectivity index (χ3v) is 6.11. The van der Waals surface area contributed by atoms with Gasteiger partial charge in [-0.05, 0) is 29.8 Å². The van der Waals surface area contributed by atoms with Crippen LogP contribution >= 0.6 is 35.0 Å². The molecule has 0 saturated carbocycles. The van der Waals surface area contributed by atoms with E-state index in [1.54, 1.807) is 24.9 Å². The fourth-order valence-corrected chi connectivity index (χ4v) is 4.55. The Labute approximate surface area is 174 Å². The minimum atomic E-state index is 0.171. The molecule has 0 radical (unpaired) electrons. The van der Waals surface area contributed by atoms with Gasteiger partial charge in [0.2, 0.25) is 5.91 Å². The van der Waals surface area contributed by atoms with E-state index in [0.29, 0.717) is 21.6 Å². The van der Waals surface area contributed by atoms with Crippen molar-refractivity contribution < 1.29 is 9.53 Å². The van der Waals surface area contributed by atoms with Crippen LogP contribution in [0.1, 0.15) is 5.56 Å². The van der Waals surface area contributed by atoms with Crippen molar-refractivity contribution in [1.29, 1.82) is 0 Å². The van der Waals surface area contributed by atoms with Crippen LogP contribution in [-0.2, 0) is 10.5 Å². The number of benzene rings is 2. The maximum atomic E-state index is 12.5. The number of piperazine rings is 1. The summed E-state index contributed by atoms with van der Waals surface area (Å²) >= 11 is 13.7. The van der Waals surface area contributed by atoms with Gasteiger partial charge in [-0.15, -0.1) is 11.8 Å². The number of nitrogens with zero attached hydrogens (tertiary/aromatic N) is 2. The third-order valence-electron chi connectivity index (χ3n) is 4.56. The Morgan fingerprint density at radius 2 is 1.85 bits per heavy atom. The summed E-state index contributed by atoms with van der Waals surface area (Å²) < 4.78 is 5.44. The number of hydrogen-bond donors (Lipinski definition) is 0. The molecule has 4 nitrogen and oxygen atoms in total. The molecule has 0 aromatic heterocycles. The summed E-state index contributed by atoms with van der Waals surface area (Å²) in [5.74, 6) is 2.19. The normalized spacial score (nSPS) is 14.3. The Kier molecular flexibility index (Phi) is 7.16. The van der Waals surface area contributed by atoms with Gasteiger partial charge in [0.05, 0.1) is 18.6 Å². The van der Waals surface area contributed by atoms with E-state index in [0.717, 1.165) is 43.2 Å². The van der Waals surface area contributed by atoms with Crippen LogP contribution in [0.15, 0.2) is 42.5 Å². The van der Waals surface area contributed by atoms with E-state index in [1.807, 2.05) is 35.2 Å². The van der Waals surface area contributed by atoms with Crippen molar-refractivity contribution in [2.24, 2.45) is 0 Å². The molecule has 3 rings (SSSR count). The first-order valence-corrected chi connectivity index (χ1v) is 10.7. The highest BCUT2D eigenvalue weighted by Gasteiger charge is 2.22. The molecule has 7 heteroatoms. The lowest BCUT2D eigenvalue weighted by Gasteiger charge is -2.36.